The Morgan fingerprint density at radius 1 is 1.32 bits per heavy atom. The number of anilines is 2. The smallest absolute Gasteiger partial charge is 0.151 e. The predicted octanol–water partition coefficient (Wildman–Crippen LogP) is 1.56. The lowest BCUT2D eigenvalue weighted by Crippen LogP contribution is -2.08. The molecule has 0 aliphatic rings. The number of hydrogen-bond donors (Lipinski definition) is 2. The van der Waals surface area contributed by atoms with Crippen LogP contribution in [0.5, 0.6) is 0 Å². The van der Waals surface area contributed by atoms with E-state index in [9.17, 15) is 0 Å². The Balaban J connectivity index is 1.96. The van der Waals surface area contributed by atoms with Gasteiger partial charge >= 0.3 is 0 Å². The first-order chi connectivity index (χ1) is 9.25. The second-order valence-electron chi connectivity index (χ2n) is 4.32. The van der Waals surface area contributed by atoms with Crippen molar-refractivity contribution in [2.75, 3.05) is 11.1 Å². The average Bonchev–Trinajstić information content (AvgIpc) is 2.83. The Labute approximate surface area is 110 Å². The van der Waals surface area contributed by atoms with Crippen LogP contribution >= 0.6 is 0 Å². The van der Waals surface area contributed by atoms with Crippen LogP contribution in [0.4, 0.5) is 11.4 Å². The van der Waals surface area contributed by atoms with Gasteiger partial charge in [-0.15, -0.1) is 10.2 Å². The molecule has 6 nitrogen and oxygen atoms in total. The molecule has 0 fully saturated rings. The lowest BCUT2D eigenvalue weighted by Gasteiger charge is -2.11. The summed E-state index contributed by atoms with van der Waals surface area (Å²) in [6.07, 6.45) is 3.34. The van der Waals surface area contributed by atoms with E-state index in [0.29, 0.717) is 12.2 Å². The summed E-state index contributed by atoms with van der Waals surface area (Å²) in [6.45, 7) is 0.564. The molecule has 0 radical (unpaired) electrons. The number of aromatic nitrogens is 4. The molecule has 19 heavy (non-hydrogen) atoms. The number of nitrogen functional groups attached to an aromatic ring is 1. The highest BCUT2D eigenvalue weighted by atomic mass is 15.3. The summed E-state index contributed by atoms with van der Waals surface area (Å²) in [5.74, 6) is 0.847. The van der Waals surface area contributed by atoms with E-state index in [1.54, 1.807) is 12.5 Å². The lowest BCUT2D eigenvalue weighted by molar-refractivity contribution is 0.813. The Morgan fingerprint density at radius 2 is 2.16 bits per heavy atom. The van der Waals surface area contributed by atoms with Crippen molar-refractivity contribution in [2.24, 2.45) is 7.05 Å². The normalized spacial score (nSPS) is 10.8. The molecule has 0 amide bonds. The monoisotopic (exact) mass is 254 g/mol. The van der Waals surface area contributed by atoms with Gasteiger partial charge in [-0.2, -0.15) is 0 Å². The second kappa shape index (κ2) is 4.56. The van der Waals surface area contributed by atoms with Crippen LogP contribution in [0.2, 0.25) is 0 Å². The molecule has 2 aromatic heterocycles. The summed E-state index contributed by atoms with van der Waals surface area (Å²) in [5, 5.41) is 12.2. The van der Waals surface area contributed by atoms with E-state index in [4.69, 9.17) is 5.73 Å². The first kappa shape index (κ1) is 11.5. The molecule has 0 unspecified atom stereocenters. The number of nitrogens with one attached hydrogen (secondary N) is 1. The van der Waals surface area contributed by atoms with E-state index >= 15 is 0 Å². The van der Waals surface area contributed by atoms with Gasteiger partial charge in [0, 0.05) is 12.4 Å². The summed E-state index contributed by atoms with van der Waals surface area (Å²) < 4.78 is 1.87. The van der Waals surface area contributed by atoms with Gasteiger partial charge in [-0.05, 0) is 6.07 Å². The minimum Gasteiger partial charge on any atom is -0.396 e. The topological polar surface area (TPSA) is 81.7 Å². The maximum Gasteiger partial charge on any atom is 0.151 e. The van der Waals surface area contributed by atoms with Crippen LogP contribution in [0.3, 0.4) is 0 Å². The van der Waals surface area contributed by atoms with E-state index in [1.807, 2.05) is 35.9 Å². The molecule has 0 saturated carbocycles. The fraction of sp³-hybridized carbons (Fsp3) is 0.154. The number of para-hydroxylation sites is 1. The number of rotatable bonds is 3. The van der Waals surface area contributed by atoms with Gasteiger partial charge in [-0.3, -0.25) is 4.98 Å². The lowest BCUT2D eigenvalue weighted by atomic mass is 10.1. The highest BCUT2D eigenvalue weighted by molar-refractivity contribution is 5.96. The molecule has 0 bridgehead atoms. The molecule has 2 heterocycles. The SMILES string of the molecule is Cn1cnnc1CNc1c(N)cnc2ccccc12. The van der Waals surface area contributed by atoms with Crippen LogP contribution in [-0.4, -0.2) is 19.7 Å². The van der Waals surface area contributed by atoms with Gasteiger partial charge in [-0.1, -0.05) is 18.2 Å². The van der Waals surface area contributed by atoms with Crippen LogP contribution in [0.15, 0.2) is 36.8 Å². The fourth-order valence-electron chi connectivity index (χ4n) is 1.99. The zero-order chi connectivity index (χ0) is 13.2. The summed E-state index contributed by atoms with van der Waals surface area (Å²) >= 11 is 0. The molecule has 6 heteroatoms. The molecular formula is C13H14N6. The van der Waals surface area contributed by atoms with Crippen molar-refractivity contribution in [1.29, 1.82) is 0 Å². The van der Waals surface area contributed by atoms with E-state index in [1.165, 1.54) is 0 Å². The van der Waals surface area contributed by atoms with E-state index < -0.39 is 0 Å². The number of benzene rings is 1. The van der Waals surface area contributed by atoms with Gasteiger partial charge in [0.05, 0.1) is 29.6 Å². The maximum absolute atomic E-state index is 6.00. The standard InChI is InChI=1S/C13H14N6/c1-19-8-17-18-12(19)7-16-13-9-4-2-3-5-11(9)15-6-10(13)14/h2-6,8H,7,14H2,1H3,(H,15,16). The molecule has 0 aliphatic carbocycles. The number of nitrogens with zero attached hydrogens (tertiary/aromatic N) is 4. The van der Waals surface area contributed by atoms with Crippen molar-refractivity contribution >= 4 is 22.3 Å². The first-order valence-corrected chi connectivity index (χ1v) is 5.95. The minimum atomic E-state index is 0.564. The Morgan fingerprint density at radius 3 is 2.95 bits per heavy atom. The third kappa shape index (κ3) is 2.08. The van der Waals surface area contributed by atoms with E-state index in [2.05, 4.69) is 20.5 Å². The number of aryl methyl sites for hydroxylation is 1. The van der Waals surface area contributed by atoms with Crippen LogP contribution in [0, 0.1) is 0 Å². The van der Waals surface area contributed by atoms with Gasteiger partial charge in [0.15, 0.2) is 5.82 Å². The van der Waals surface area contributed by atoms with E-state index in [-0.39, 0.29) is 0 Å². The Kier molecular flexibility index (Phi) is 2.75. The van der Waals surface area contributed by atoms with Crippen molar-refractivity contribution < 1.29 is 0 Å². The first-order valence-electron chi connectivity index (χ1n) is 5.95. The molecule has 1 aromatic carbocycles. The molecule has 0 atom stereocenters. The number of pyridine rings is 1. The van der Waals surface area contributed by atoms with Crippen molar-refractivity contribution in [3.8, 4) is 0 Å². The number of hydrogen-bond acceptors (Lipinski definition) is 5. The molecule has 96 valence electrons. The molecule has 0 aliphatic heterocycles. The van der Waals surface area contributed by atoms with Crippen molar-refractivity contribution in [3.63, 3.8) is 0 Å². The number of fused-ring (bicyclic) bond motifs is 1. The summed E-state index contributed by atoms with van der Waals surface area (Å²) in [4.78, 5) is 4.31. The molecule has 0 spiro atoms. The van der Waals surface area contributed by atoms with Crippen molar-refractivity contribution in [3.05, 3.63) is 42.6 Å². The zero-order valence-corrected chi connectivity index (χ0v) is 10.5. The Hall–Kier alpha value is -2.63. The van der Waals surface area contributed by atoms with Crippen LogP contribution < -0.4 is 11.1 Å². The van der Waals surface area contributed by atoms with E-state index in [0.717, 1.165) is 22.4 Å². The quantitative estimate of drug-likeness (QED) is 0.741. The summed E-state index contributed by atoms with van der Waals surface area (Å²) in [7, 11) is 1.91. The van der Waals surface area contributed by atoms with Crippen molar-refractivity contribution in [2.45, 2.75) is 6.54 Å². The van der Waals surface area contributed by atoms with Gasteiger partial charge in [0.2, 0.25) is 0 Å². The highest BCUT2D eigenvalue weighted by Gasteiger charge is 2.07. The predicted molar refractivity (Wildman–Crippen MR) is 74.5 cm³/mol. The summed E-state index contributed by atoms with van der Waals surface area (Å²) in [6, 6.07) is 7.88. The molecule has 3 rings (SSSR count). The average molecular weight is 254 g/mol. The molecule has 0 saturated heterocycles. The third-order valence-electron chi connectivity index (χ3n) is 3.03. The van der Waals surface area contributed by atoms with Crippen LogP contribution in [0.1, 0.15) is 5.82 Å². The molecule has 3 N–H and O–H groups in total. The third-order valence-corrected chi connectivity index (χ3v) is 3.03. The second-order valence-corrected chi connectivity index (χ2v) is 4.32. The highest BCUT2D eigenvalue weighted by Crippen LogP contribution is 2.27. The summed E-state index contributed by atoms with van der Waals surface area (Å²) in [5.41, 5.74) is 8.42. The van der Waals surface area contributed by atoms with Crippen molar-refractivity contribution in [1.82, 2.24) is 19.7 Å². The zero-order valence-electron chi connectivity index (χ0n) is 10.5. The van der Waals surface area contributed by atoms with Crippen LogP contribution in [0.25, 0.3) is 10.9 Å². The molecular weight excluding hydrogens is 240 g/mol. The minimum absolute atomic E-state index is 0.564. The van der Waals surface area contributed by atoms with Gasteiger partial charge < -0.3 is 15.6 Å². The van der Waals surface area contributed by atoms with Gasteiger partial charge in [0.1, 0.15) is 6.33 Å². The largest absolute Gasteiger partial charge is 0.396 e. The van der Waals surface area contributed by atoms with Gasteiger partial charge in [-0.25, -0.2) is 0 Å². The van der Waals surface area contributed by atoms with Gasteiger partial charge in [0.25, 0.3) is 0 Å². The molecule has 3 aromatic rings. The maximum atomic E-state index is 6.00. The fourth-order valence-corrected chi connectivity index (χ4v) is 1.99. The number of nitrogens with two attached hydrogens (primary N) is 1. The Bertz CT molecular complexity index is 718. The van der Waals surface area contributed by atoms with Crippen LogP contribution in [-0.2, 0) is 13.6 Å².